The largest absolute Gasteiger partial charge is 0.481 e. The second kappa shape index (κ2) is 19.2. The fraction of sp³-hybridized carbons (Fsp3) is 0.929. The first kappa shape index (κ1) is 31.9. The molecule has 5 heteroatoms. The molecular weight excluding hydrogens is 416 g/mol. The van der Waals surface area contributed by atoms with E-state index in [4.69, 9.17) is 0 Å². The third kappa shape index (κ3) is 11.7. The van der Waals surface area contributed by atoms with Crippen molar-refractivity contribution in [3.8, 4) is 0 Å². The molecule has 0 bridgehead atoms. The molecular formula is C28H54O5. The molecule has 0 aromatic carbocycles. The van der Waals surface area contributed by atoms with Crippen LogP contribution in [0.15, 0.2) is 0 Å². The minimum Gasteiger partial charge on any atom is -0.481 e. The normalized spacial score (nSPS) is 13.7. The minimum absolute atomic E-state index is 0.0203. The molecule has 0 aromatic heterocycles. The molecule has 0 aliphatic carbocycles. The monoisotopic (exact) mass is 470 g/mol. The van der Waals surface area contributed by atoms with Crippen LogP contribution in [0.5, 0.6) is 0 Å². The van der Waals surface area contributed by atoms with Gasteiger partial charge in [0.05, 0.1) is 0 Å². The number of carboxylic acid groups (broad SMARTS) is 2. The van der Waals surface area contributed by atoms with Crippen LogP contribution < -0.4 is 0 Å². The van der Waals surface area contributed by atoms with Gasteiger partial charge >= 0.3 is 11.9 Å². The Hall–Kier alpha value is -1.10. The summed E-state index contributed by atoms with van der Waals surface area (Å²) in [5.74, 6) is -2.50. The lowest BCUT2D eigenvalue weighted by atomic mass is 9.63. The third-order valence-corrected chi connectivity index (χ3v) is 7.36. The van der Waals surface area contributed by atoms with Crippen molar-refractivity contribution in [3.05, 3.63) is 0 Å². The highest BCUT2D eigenvalue weighted by Crippen LogP contribution is 2.45. The molecule has 0 saturated carbocycles. The first-order valence-corrected chi connectivity index (χ1v) is 14.0. The Kier molecular flexibility index (Phi) is 18.6. The summed E-state index contributed by atoms with van der Waals surface area (Å²) in [5, 5.41) is 31.9. The molecule has 0 saturated heterocycles. The van der Waals surface area contributed by atoms with Gasteiger partial charge in [0.2, 0.25) is 0 Å². The Morgan fingerprint density at radius 2 is 0.788 bits per heavy atom. The van der Waals surface area contributed by atoms with Gasteiger partial charge in [0.1, 0.15) is 5.41 Å². The molecule has 0 aliphatic heterocycles. The molecule has 0 aromatic rings. The van der Waals surface area contributed by atoms with Gasteiger partial charge in [0.15, 0.2) is 5.60 Å². The van der Waals surface area contributed by atoms with Gasteiger partial charge in [-0.05, 0) is 25.7 Å². The third-order valence-electron chi connectivity index (χ3n) is 7.36. The predicted octanol–water partition coefficient (Wildman–Crippen LogP) is 8.12. The van der Waals surface area contributed by atoms with Crippen molar-refractivity contribution in [2.24, 2.45) is 5.41 Å². The van der Waals surface area contributed by atoms with Crippen molar-refractivity contribution in [3.63, 3.8) is 0 Å². The summed E-state index contributed by atoms with van der Waals surface area (Å²) >= 11 is 0. The van der Waals surface area contributed by atoms with E-state index >= 15 is 0 Å². The average molecular weight is 471 g/mol. The number of carboxylic acids is 2. The molecule has 3 N–H and O–H groups in total. The summed E-state index contributed by atoms with van der Waals surface area (Å²) in [6.07, 6.45) is 18.3. The van der Waals surface area contributed by atoms with Crippen LogP contribution in [0.3, 0.4) is 0 Å². The second-order valence-corrected chi connectivity index (χ2v) is 10.1. The van der Waals surface area contributed by atoms with E-state index in [0.29, 0.717) is 19.3 Å². The zero-order chi connectivity index (χ0) is 25.0. The van der Waals surface area contributed by atoms with Crippen LogP contribution in [0, 0.1) is 5.41 Å². The molecule has 196 valence electrons. The summed E-state index contributed by atoms with van der Waals surface area (Å²) in [7, 11) is 0. The van der Waals surface area contributed by atoms with Crippen LogP contribution in [0.4, 0.5) is 0 Å². The Labute approximate surface area is 203 Å². The fourth-order valence-electron chi connectivity index (χ4n) is 5.06. The van der Waals surface area contributed by atoms with Gasteiger partial charge in [0.25, 0.3) is 0 Å². The summed E-state index contributed by atoms with van der Waals surface area (Å²) in [6, 6.07) is 0. The molecule has 5 nitrogen and oxygen atoms in total. The number of aliphatic hydroxyl groups is 1. The first-order chi connectivity index (χ1) is 15.8. The molecule has 0 rings (SSSR count). The zero-order valence-corrected chi connectivity index (χ0v) is 22.0. The first-order valence-electron chi connectivity index (χ1n) is 14.0. The molecule has 0 heterocycles. The summed E-state index contributed by atoms with van der Waals surface area (Å²) in [6.45, 7) is 6.46. The predicted molar refractivity (Wildman–Crippen MR) is 137 cm³/mol. The molecule has 0 aliphatic rings. The van der Waals surface area contributed by atoms with Crippen LogP contribution in [0.1, 0.15) is 156 Å². The molecule has 0 spiro atoms. The molecule has 1 atom stereocenters. The van der Waals surface area contributed by atoms with Crippen LogP contribution in [-0.4, -0.2) is 32.9 Å². The van der Waals surface area contributed by atoms with Crippen molar-refractivity contribution in [1.82, 2.24) is 0 Å². The molecule has 0 fully saturated rings. The number of hydrogen-bond donors (Lipinski definition) is 3. The van der Waals surface area contributed by atoms with Crippen LogP contribution >= 0.6 is 0 Å². The van der Waals surface area contributed by atoms with E-state index in [1.165, 1.54) is 12.8 Å². The van der Waals surface area contributed by atoms with Crippen molar-refractivity contribution >= 4 is 11.9 Å². The van der Waals surface area contributed by atoms with Gasteiger partial charge in [-0.2, -0.15) is 0 Å². The summed E-state index contributed by atoms with van der Waals surface area (Å²) < 4.78 is 0. The van der Waals surface area contributed by atoms with Crippen LogP contribution in [-0.2, 0) is 9.59 Å². The maximum absolute atomic E-state index is 12.7. The van der Waals surface area contributed by atoms with E-state index in [1.54, 1.807) is 0 Å². The Balaban J connectivity index is 5.38. The molecule has 0 amide bonds. The number of hydrogen-bond acceptors (Lipinski definition) is 3. The van der Waals surface area contributed by atoms with Crippen molar-refractivity contribution in [2.45, 2.75) is 161 Å². The summed E-state index contributed by atoms with van der Waals surface area (Å²) in [5.41, 5.74) is -3.83. The van der Waals surface area contributed by atoms with Gasteiger partial charge in [-0.25, -0.2) is 4.79 Å². The number of unbranched alkanes of at least 4 members (excludes halogenated alkanes) is 15. The van der Waals surface area contributed by atoms with E-state index in [9.17, 15) is 24.9 Å². The topological polar surface area (TPSA) is 94.8 Å². The standard InChI is InChI=1S/C28H54O5/c1-4-7-10-13-16-19-22-27(25(29)30,23-20-17-14-11-8-5-2)28(33,26(31)32)24-21-18-15-12-9-6-3/h33H,4-24H2,1-3H3,(H,29,30)(H,31,32). The average Bonchev–Trinajstić information content (AvgIpc) is 2.78. The smallest absolute Gasteiger partial charge is 0.336 e. The highest BCUT2D eigenvalue weighted by molar-refractivity contribution is 5.88. The van der Waals surface area contributed by atoms with Gasteiger partial charge < -0.3 is 15.3 Å². The van der Waals surface area contributed by atoms with E-state index in [1.807, 2.05) is 0 Å². The van der Waals surface area contributed by atoms with Gasteiger partial charge in [0, 0.05) is 0 Å². The zero-order valence-electron chi connectivity index (χ0n) is 22.0. The highest BCUT2D eigenvalue weighted by Gasteiger charge is 2.59. The maximum atomic E-state index is 12.7. The number of aliphatic carboxylic acids is 2. The number of carbonyl (C=O) groups is 2. The van der Waals surface area contributed by atoms with Crippen molar-refractivity contribution < 1.29 is 24.9 Å². The second-order valence-electron chi connectivity index (χ2n) is 10.1. The Bertz CT molecular complexity index is 489. The van der Waals surface area contributed by atoms with E-state index in [0.717, 1.165) is 83.5 Å². The Morgan fingerprint density at radius 3 is 1.09 bits per heavy atom. The van der Waals surface area contributed by atoms with Gasteiger partial charge in [-0.3, -0.25) is 4.79 Å². The lowest BCUT2D eigenvalue weighted by Crippen LogP contribution is -2.58. The Morgan fingerprint density at radius 1 is 0.485 bits per heavy atom. The molecule has 0 radical (unpaired) electrons. The SMILES string of the molecule is CCCCCCCCC(O)(C(=O)O)C(CCCCCCCC)(CCCCCCCC)C(=O)O. The van der Waals surface area contributed by atoms with Crippen molar-refractivity contribution in [1.29, 1.82) is 0 Å². The quantitative estimate of drug-likeness (QED) is 0.124. The minimum atomic E-state index is -2.21. The molecule has 33 heavy (non-hydrogen) atoms. The highest BCUT2D eigenvalue weighted by atomic mass is 16.4. The fourth-order valence-corrected chi connectivity index (χ4v) is 5.06. The maximum Gasteiger partial charge on any atom is 0.336 e. The summed E-state index contributed by atoms with van der Waals surface area (Å²) in [4.78, 5) is 25.0. The number of rotatable bonds is 24. The van der Waals surface area contributed by atoms with Crippen molar-refractivity contribution in [2.75, 3.05) is 0 Å². The van der Waals surface area contributed by atoms with E-state index in [-0.39, 0.29) is 19.3 Å². The molecule has 1 unspecified atom stereocenters. The van der Waals surface area contributed by atoms with Gasteiger partial charge in [-0.1, -0.05) is 130 Å². The lowest BCUT2D eigenvalue weighted by Gasteiger charge is -2.42. The van der Waals surface area contributed by atoms with E-state index in [2.05, 4.69) is 20.8 Å². The lowest BCUT2D eigenvalue weighted by molar-refractivity contribution is -0.194. The van der Waals surface area contributed by atoms with Crippen LogP contribution in [0.25, 0.3) is 0 Å². The van der Waals surface area contributed by atoms with Gasteiger partial charge in [-0.15, -0.1) is 0 Å². The van der Waals surface area contributed by atoms with E-state index < -0.39 is 23.0 Å². The van der Waals surface area contributed by atoms with Crippen LogP contribution in [0.2, 0.25) is 0 Å².